The topological polar surface area (TPSA) is 55.6 Å². The van der Waals surface area contributed by atoms with Gasteiger partial charge in [-0.25, -0.2) is 0 Å². The van der Waals surface area contributed by atoms with Gasteiger partial charge in [-0.15, -0.1) is 0 Å². The normalized spacial score (nSPS) is 19.1. The standard InChI is InChI=1S/C13H20N2O3/c1-10(11-5-8-18-14-11)15(2)12(16)13(9-17-3)6-4-7-13/h5,8,10H,4,6-7,9H2,1-3H3/t10-/m0/s1. The zero-order chi connectivity index (χ0) is 13.2. The third-order valence-corrected chi connectivity index (χ3v) is 3.97. The van der Waals surface area contributed by atoms with E-state index in [2.05, 4.69) is 5.16 Å². The van der Waals surface area contributed by atoms with Crippen LogP contribution in [0.25, 0.3) is 0 Å². The molecule has 1 aromatic heterocycles. The molecular weight excluding hydrogens is 232 g/mol. The van der Waals surface area contributed by atoms with E-state index in [-0.39, 0.29) is 17.4 Å². The van der Waals surface area contributed by atoms with E-state index in [0.717, 1.165) is 25.0 Å². The number of hydrogen-bond donors (Lipinski definition) is 0. The fraction of sp³-hybridized carbons (Fsp3) is 0.692. The largest absolute Gasteiger partial charge is 0.384 e. The minimum Gasteiger partial charge on any atom is -0.384 e. The summed E-state index contributed by atoms with van der Waals surface area (Å²) in [5.41, 5.74) is 0.458. The summed E-state index contributed by atoms with van der Waals surface area (Å²) in [5.74, 6) is 0.145. The highest BCUT2D eigenvalue weighted by Gasteiger charge is 2.46. The third-order valence-electron chi connectivity index (χ3n) is 3.97. The van der Waals surface area contributed by atoms with Gasteiger partial charge in [-0.2, -0.15) is 0 Å². The van der Waals surface area contributed by atoms with E-state index >= 15 is 0 Å². The average molecular weight is 252 g/mol. The number of carbonyl (C=O) groups excluding carboxylic acids is 1. The molecule has 0 radical (unpaired) electrons. The zero-order valence-corrected chi connectivity index (χ0v) is 11.2. The van der Waals surface area contributed by atoms with Gasteiger partial charge < -0.3 is 14.2 Å². The van der Waals surface area contributed by atoms with Crippen molar-refractivity contribution in [2.24, 2.45) is 5.41 Å². The summed E-state index contributed by atoms with van der Waals surface area (Å²) >= 11 is 0. The van der Waals surface area contributed by atoms with Gasteiger partial charge in [0, 0.05) is 20.2 Å². The first-order valence-corrected chi connectivity index (χ1v) is 6.27. The molecule has 0 aliphatic heterocycles. The van der Waals surface area contributed by atoms with Gasteiger partial charge in [0.05, 0.1) is 18.1 Å². The molecule has 1 saturated carbocycles. The molecule has 2 rings (SSSR count). The lowest BCUT2D eigenvalue weighted by molar-refractivity contribution is -0.152. The summed E-state index contributed by atoms with van der Waals surface area (Å²) in [6.07, 6.45) is 4.45. The summed E-state index contributed by atoms with van der Waals surface area (Å²) in [5, 5.41) is 3.89. The van der Waals surface area contributed by atoms with Crippen LogP contribution in [0.1, 0.15) is 37.9 Å². The highest BCUT2D eigenvalue weighted by molar-refractivity contribution is 5.84. The van der Waals surface area contributed by atoms with Crippen LogP contribution in [0.2, 0.25) is 0 Å². The molecule has 1 amide bonds. The van der Waals surface area contributed by atoms with Crippen molar-refractivity contribution in [3.63, 3.8) is 0 Å². The molecule has 5 heteroatoms. The highest BCUT2D eigenvalue weighted by Crippen LogP contribution is 2.43. The maximum atomic E-state index is 12.6. The van der Waals surface area contributed by atoms with Crippen molar-refractivity contribution in [2.75, 3.05) is 20.8 Å². The first-order valence-electron chi connectivity index (χ1n) is 6.27. The molecular formula is C13H20N2O3. The molecule has 1 fully saturated rings. The van der Waals surface area contributed by atoms with Crippen LogP contribution in [0.3, 0.4) is 0 Å². The van der Waals surface area contributed by atoms with Crippen LogP contribution in [-0.2, 0) is 9.53 Å². The van der Waals surface area contributed by atoms with E-state index in [1.807, 2.05) is 14.0 Å². The Hall–Kier alpha value is -1.36. The Labute approximate surface area is 107 Å². The van der Waals surface area contributed by atoms with E-state index in [4.69, 9.17) is 9.26 Å². The number of methoxy groups -OCH3 is 1. The van der Waals surface area contributed by atoms with Crippen molar-refractivity contribution >= 4 is 5.91 Å². The molecule has 1 aliphatic carbocycles. The lowest BCUT2D eigenvalue weighted by atomic mass is 9.68. The predicted molar refractivity (Wildman–Crippen MR) is 65.8 cm³/mol. The molecule has 1 atom stereocenters. The minimum absolute atomic E-state index is 0.0782. The van der Waals surface area contributed by atoms with Crippen LogP contribution in [0, 0.1) is 5.41 Å². The van der Waals surface area contributed by atoms with E-state index in [9.17, 15) is 4.79 Å². The number of hydrogen-bond acceptors (Lipinski definition) is 4. The molecule has 5 nitrogen and oxygen atoms in total. The van der Waals surface area contributed by atoms with Gasteiger partial charge in [0.2, 0.25) is 5.91 Å². The number of ether oxygens (including phenoxy) is 1. The average Bonchev–Trinajstić information content (AvgIpc) is 2.84. The highest BCUT2D eigenvalue weighted by atomic mass is 16.5. The number of nitrogens with zero attached hydrogens (tertiary/aromatic N) is 2. The van der Waals surface area contributed by atoms with Crippen molar-refractivity contribution in [3.05, 3.63) is 18.0 Å². The lowest BCUT2D eigenvalue weighted by Gasteiger charge is -2.43. The Bertz CT molecular complexity index is 398. The summed E-state index contributed by atoms with van der Waals surface area (Å²) in [6.45, 7) is 2.45. The molecule has 0 saturated heterocycles. The Morgan fingerprint density at radius 1 is 1.67 bits per heavy atom. The molecule has 1 aromatic rings. The molecule has 1 aliphatic rings. The van der Waals surface area contributed by atoms with Crippen molar-refractivity contribution in [3.8, 4) is 0 Å². The number of rotatable bonds is 5. The number of aromatic nitrogens is 1. The van der Waals surface area contributed by atoms with Crippen molar-refractivity contribution in [2.45, 2.75) is 32.2 Å². The Morgan fingerprint density at radius 3 is 2.83 bits per heavy atom. The van der Waals surface area contributed by atoms with E-state index < -0.39 is 0 Å². The Kier molecular flexibility index (Phi) is 3.71. The molecule has 100 valence electrons. The van der Waals surface area contributed by atoms with Crippen molar-refractivity contribution < 1.29 is 14.1 Å². The van der Waals surface area contributed by atoms with Gasteiger partial charge >= 0.3 is 0 Å². The molecule has 18 heavy (non-hydrogen) atoms. The molecule has 0 bridgehead atoms. The molecule has 0 spiro atoms. The second kappa shape index (κ2) is 5.10. The molecule has 0 N–H and O–H groups in total. The first-order chi connectivity index (χ1) is 8.60. The van der Waals surface area contributed by atoms with Crippen LogP contribution in [-0.4, -0.2) is 36.7 Å². The minimum atomic E-state index is -0.318. The van der Waals surface area contributed by atoms with Gasteiger partial charge in [0.1, 0.15) is 12.0 Å². The van der Waals surface area contributed by atoms with Crippen LogP contribution in [0.15, 0.2) is 16.9 Å². The van der Waals surface area contributed by atoms with Gasteiger partial charge in [0.15, 0.2) is 0 Å². The first kappa shape index (κ1) is 13.1. The van der Waals surface area contributed by atoms with Gasteiger partial charge in [-0.1, -0.05) is 11.6 Å². The van der Waals surface area contributed by atoms with Gasteiger partial charge in [-0.3, -0.25) is 4.79 Å². The fourth-order valence-electron chi connectivity index (χ4n) is 2.49. The Balaban J connectivity index is 2.08. The number of amides is 1. The second-order valence-electron chi connectivity index (χ2n) is 5.08. The third kappa shape index (κ3) is 2.14. The van der Waals surface area contributed by atoms with Crippen LogP contribution < -0.4 is 0 Å². The van der Waals surface area contributed by atoms with Crippen LogP contribution in [0.4, 0.5) is 0 Å². The van der Waals surface area contributed by atoms with E-state index in [1.54, 1.807) is 18.1 Å². The van der Waals surface area contributed by atoms with E-state index in [1.165, 1.54) is 6.26 Å². The summed E-state index contributed by atoms with van der Waals surface area (Å²) in [7, 11) is 3.46. The summed E-state index contributed by atoms with van der Waals surface area (Å²) in [6, 6.07) is 1.71. The maximum Gasteiger partial charge on any atom is 0.231 e. The molecule has 1 heterocycles. The smallest absolute Gasteiger partial charge is 0.231 e. The number of carbonyl (C=O) groups is 1. The van der Waals surface area contributed by atoms with Gasteiger partial charge in [0.25, 0.3) is 0 Å². The molecule has 0 unspecified atom stereocenters. The predicted octanol–water partition coefficient (Wildman–Crippen LogP) is 2.01. The SMILES string of the molecule is COCC1(C(=O)N(C)[C@@H](C)c2ccon2)CCC1. The lowest BCUT2D eigenvalue weighted by Crippen LogP contribution is -2.49. The Morgan fingerprint density at radius 2 is 2.39 bits per heavy atom. The second-order valence-corrected chi connectivity index (χ2v) is 5.08. The van der Waals surface area contributed by atoms with Crippen LogP contribution in [0.5, 0.6) is 0 Å². The monoisotopic (exact) mass is 252 g/mol. The maximum absolute atomic E-state index is 12.6. The van der Waals surface area contributed by atoms with E-state index in [0.29, 0.717) is 6.61 Å². The summed E-state index contributed by atoms with van der Waals surface area (Å²) < 4.78 is 10.0. The summed E-state index contributed by atoms with van der Waals surface area (Å²) in [4.78, 5) is 14.3. The fourth-order valence-corrected chi connectivity index (χ4v) is 2.49. The van der Waals surface area contributed by atoms with Gasteiger partial charge in [-0.05, 0) is 19.8 Å². The van der Waals surface area contributed by atoms with Crippen LogP contribution >= 0.6 is 0 Å². The zero-order valence-electron chi connectivity index (χ0n) is 11.2. The molecule has 0 aromatic carbocycles. The van der Waals surface area contributed by atoms with Crippen molar-refractivity contribution in [1.29, 1.82) is 0 Å². The van der Waals surface area contributed by atoms with Crippen molar-refractivity contribution in [1.82, 2.24) is 10.1 Å². The quantitative estimate of drug-likeness (QED) is 0.804.